The summed E-state index contributed by atoms with van der Waals surface area (Å²) in [6.45, 7) is 0. The molecule has 3 heterocycles. The molecule has 184 valence electrons. The van der Waals surface area contributed by atoms with Crippen LogP contribution in [-0.2, 0) is 4.79 Å². The second-order valence-corrected chi connectivity index (χ2v) is 9.28. The average molecular weight is 505 g/mol. The van der Waals surface area contributed by atoms with Crippen LogP contribution < -0.4 is 4.90 Å². The fourth-order valence-corrected chi connectivity index (χ4v) is 5.65. The number of carbonyl (C=O) groups is 5. The minimum Gasteiger partial charge on any atom is -0.478 e. The Morgan fingerprint density at radius 1 is 0.763 bits per heavy atom. The molecule has 1 aliphatic carbocycles. The van der Waals surface area contributed by atoms with Crippen LogP contribution in [0.4, 0.5) is 5.69 Å². The maximum atomic E-state index is 13.7. The molecule has 2 atom stereocenters. The molecule has 0 bridgehead atoms. The Morgan fingerprint density at radius 3 is 2.16 bits per heavy atom. The zero-order valence-electron chi connectivity index (χ0n) is 19.3. The minimum atomic E-state index is -1.18. The summed E-state index contributed by atoms with van der Waals surface area (Å²) < 4.78 is 1.45. The van der Waals surface area contributed by atoms with Gasteiger partial charge >= 0.3 is 11.9 Å². The monoisotopic (exact) mass is 505 g/mol. The molecule has 2 unspecified atom stereocenters. The van der Waals surface area contributed by atoms with Crippen molar-refractivity contribution in [1.29, 1.82) is 0 Å². The summed E-state index contributed by atoms with van der Waals surface area (Å²) in [5.41, 5.74) is 2.72. The molecule has 0 saturated heterocycles. The van der Waals surface area contributed by atoms with Gasteiger partial charge in [0.15, 0.2) is 0 Å². The van der Waals surface area contributed by atoms with E-state index >= 15 is 0 Å². The highest BCUT2D eigenvalue weighted by atomic mass is 16.4. The number of anilines is 1. The van der Waals surface area contributed by atoms with Crippen molar-refractivity contribution in [2.24, 2.45) is 0 Å². The van der Waals surface area contributed by atoms with E-state index in [9.17, 15) is 34.2 Å². The highest BCUT2D eigenvalue weighted by molar-refractivity contribution is 6.27. The van der Waals surface area contributed by atoms with E-state index in [1.165, 1.54) is 41.0 Å². The fourth-order valence-electron chi connectivity index (χ4n) is 5.65. The second-order valence-electron chi connectivity index (χ2n) is 9.28. The number of allylic oxidation sites excluding steroid dienone is 1. The third kappa shape index (κ3) is 2.71. The van der Waals surface area contributed by atoms with Gasteiger partial charge in [-0.25, -0.2) is 19.5 Å². The van der Waals surface area contributed by atoms with E-state index in [2.05, 4.69) is 4.98 Å². The van der Waals surface area contributed by atoms with Crippen molar-refractivity contribution >= 4 is 46.4 Å². The van der Waals surface area contributed by atoms with Crippen LogP contribution in [0.3, 0.4) is 0 Å². The Hall–Kier alpha value is -5.38. The van der Waals surface area contributed by atoms with Crippen LogP contribution in [0.2, 0.25) is 0 Å². The lowest BCUT2D eigenvalue weighted by atomic mass is 9.73. The highest BCUT2D eigenvalue weighted by Crippen LogP contribution is 2.49. The van der Waals surface area contributed by atoms with Crippen LogP contribution >= 0.6 is 0 Å². The number of fused-ring (bicyclic) bond motifs is 4. The molecule has 3 aromatic carbocycles. The molecule has 2 amide bonds. The Kier molecular flexibility index (Phi) is 4.21. The van der Waals surface area contributed by atoms with Crippen LogP contribution in [-0.4, -0.2) is 49.4 Å². The van der Waals surface area contributed by atoms with Crippen LogP contribution in [0.5, 0.6) is 0 Å². The molecule has 0 saturated carbocycles. The number of nitrogens with zero attached hydrogens (tertiary/aromatic N) is 3. The maximum Gasteiger partial charge on any atom is 0.335 e. The quantitative estimate of drug-likeness (QED) is 0.317. The largest absolute Gasteiger partial charge is 0.478 e. The van der Waals surface area contributed by atoms with Crippen molar-refractivity contribution < 1.29 is 34.2 Å². The van der Waals surface area contributed by atoms with Gasteiger partial charge in [0.05, 0.1) is 39.7 Å². The lowest BCUT2D eigenvalue weighted by Crippen LogP contribution is -2.46. The van der Waals surface area contributed by atoms with Crippen LogP contribution in [0.25, 0.3) is 22.4 Å². The van der Waals surface area contributed by atoms with Crippen LogP contribution in [0.1, 0.15) is 58.8 Å². The number of amides is 2. The van der Waals surface area contributed by atoms with Crippen LogP contribution in [0, 0.1) is 0 Å². The number of carboxylic acid groups (broad SMARTS) is 2. The molecule has 7 rings (SSSR count). The number of aromatic carboxylic acids is 2. The van der Waals surface area contributed by atoms with E-state index in [1.54, 1.807) is 30.4 Å². The van der Waals surface area contributed by atoms with Crippen molar-refractivity contribution in [3.63, 3.8) is 0 Å². The molecule has 38 heavy (non-hydrogen) atoms. The zero-order valence-corrected chi connectivity index (χ0v) is 19.3. The number of benzene rings is 3. The summed E-state index contributed by atoms with van der Waals surface area (Å²) in [4.78, 5) is 69.4. The summed E-state index contributed by atoms with van der Waals surface area (Å²) in [6.07, 6.45) is 3.25. The topological polar surface area (TPSA) is 147 Å². The van der Waals surface area contributed by atoms with Crippen molar-refractivity contribution in [3.05, 3.63) is 94.6 Å². The van der Waals surface area contributed by atoms with Crippen molar-refractivity contribution in [3.8, 4) is 11.4 Å². The van der Waals surface area contributed by atoms with E-state index in [0.717, 1.165) is 4.90 Å². The molecule has 1 aromatic heterocycles. The van der Waals surface area contributed by atoms with Gasteiger partial charge < -0.3 is 10.2 Å². The summed E-state index contributed by atoms with van der Waals surface area (Å²) in [5, 5.41) is 18.7. The van der Waals surface area contributed by atoms with E-state index in [0.29, 0.717) is 33.5 Å². The number of imidazole rings is 1. The SMILES string of the molecule is O=C(O)c1cccc(N2C(=O)c3ccc4c5c3C(C=CC5C(=O)n3c-4nc4cc(C(=O)O)ccc43)C2=O)c1. The molecule has 4 aromatic rings. The molecule has 0 fully saturated rings. The Bertz CT molecular complexity index is 1870. The zero-order chi connectivity index (χ0) is 26.5. The fraction of sp³-hybridized carbons (Fsp3) is 0.0714. The summed E-state index contributed by atoms with van der Waals surface area (Å²) in [7, 11) is 0. The van der Waals surface area contributed by atoms with E-state index < -0.39 is 35.6 Å². The standard InChI is InChI=1S/C28H15N3O7/c32-24-17-6-5-15-21-16(26(34)31-20-9-4-13(28(37)38)11-19(20)29-23(15)31)7-8-18(22(17)21)25(33)30(24)14-3-1-2-12(10-14)27(35)36/h1-11,16,18H,(H,35,36)(H,37,38). The van der Waals surface area contributed by atoms with E-state index in [-0.39, 0.29) is 28.3 Å². The molecule has 3 aliphatic rings. The van der Waals surface area contributed by atoms with Crippen LogP contribution in [0.15, 0.2) is 66.7 Å². The van der Waals surface area contributed by atoms with Gasteiger partial charge in [0, 0.05) is 11.1 Å². The normalized spacial score (nSPS) is 18.9. The van der Waals surface area contributed by atoms with E-state index in [1.807, 2.05) is 0 Å². The van der Waals surface area contributed by atoms with Crippen molar-refractivity contribution in [2.45, 2.75) is 11.8 Å². The number of carboxylic acids is 2. The van der Waals surface area contributed by atoms with Gasteiger partial charge in [-0.2, -0.15) is 0 Å². The predicted octanol–water partition coefficient (Wildman–Crippen LogP) is 3.68. The molecular weight excluding hydrogens is 490 g/mol. The molecule has 10 nitrogen and oxygen atoms in total. The first-order valence-electron chi connectivity index (χ1n) is 11.6. The number of imide groups is 1. The first-order chi connectivity index (χ1) is 18.3. The first kappa shape index (κ1) is 21.9. The van der Waals surface area contributed by atoms with Gasteiger partial charge in [0.2, 0.25) is 11.8 Å². The number of carbonyl (C=O) groups excluding carboxylic acids is 3. The van der Waals surface area contributed by atoms with Gasteiger partial charge in [-0.1, -0.05) is 24.3 Å². The lowest BCUT2D eigenvalue weighted by Gasteiger charge is -2.38. The minimum absolute atomic E-state index is 0.0372. The third-order valence-corrected chi connectivity index (χ3v) is 7.31. The molecule has 0 radical (unpaired) electrons. The number of aromatic nitrogens is 2. The molecule has 10 heteroatoms. The predicted molar refractivity (Wildman–Crippen MR) is 133 cm³/mol. The number of rotatable bonds is 3. The van der Waals surface area contributed by atoms with Gasteiger partial charge in [0.1, 0.15) is 5.82 Å². The Morgan fingerprint density at radius 2 is 1.42 bits per heavy atom. The maximum absolute atomic E-state index is 13.7. The van der Waals surface area contributed by atoms with Crippen molar-refractivity contribution in [2.75, 3.05) is 4.90 Å². The number of hydrogen-bond donors (Lipinski definition) is 2. The molecule has 0 spiro atoms. The Labute approximate surface area is 213 Å². The number of hydrogen-bond acceptors (Lipinski definition) is 6. The molecular formula is C28H15N3O7. The molecule has 2 aliphatic heterocycles. The van der Waals surface area contributed by atoms with Gasteiger partial charge in [-0.3, -0.25) is 19.0 Å². The summed E-state index contributed by atoms with van der Waals surface area (Å²) in [5.74, 6) is -5.09. The third-order valence-electron chi connectivity index (χ3n) is 7.31. The smallest absolute Gasteiger partial charge is 0.335 e. The van der Waals surface area contributed by atoms with Gasteiger partial charge in [-0.05, 0) is 53.6 Å². The highest BCUT2D eigenvalue weighted by Gasteiger charge is 2.46. The average Bonchev–Trinajstić information content (AvgIpc) is 3.30. The lowest BCUT2D eigenvalue weighted by molar-refractivity contribution is -0.118. The van der Waals surface area contributed by atoms with Gasteiger partial charge in [0.25, 0.3) is 5.91 Å². The Balaban J connectivity index is 1.44. The van der Waals surface area contributed by atoms with Crippen molar-refractivity contribution in [1.82, 2.24) is 9.55 Å². The summed E-state index contributed by atoms with van der Waals surface area (Å²) >= 11 is 0. The summed E-state index contributed by atoms with van der Waals surface area (Å²) in [6, 6.07) is 13.2. The van der Waals surface area contributed by atoms with Gasteiger partial charge in [-0.15, -0.1) is 0 Å². The molecule has 2 N–H and O–H groups in total. The second kappa shape index (κ2) is 7.32. The first-order valence-corrected chi connectivity index (χ1v) is 11.6. The van der Waals surface area contributed by atoms with E-state index in [4.69, 9.17) is 0 Å².